The molecule has 2 aliphatic heterocycles. The molecule has 3 heterocycles. The number of nitrogens with one attached hydrogen (secondary N) is 1. The second-order valence-electron chi connectivity index (χ2n) is 8.25. The number of carbonyl (C=O) groups excluding carboxylic acids is 1. The number of rotatable bonds is 4. The van der Waals surface area contributed by atoms with E-state index in [0.29, 0.717) is 22.7 Å². The number of sulfonamides is 1. The molecule has 0 saturated carbocycles. The zero-order chi connectivity index (χ0) is 22.2. The van der Waals surface area contributed by atoms with Crippen LogP contribution in [-0.2, 0) is 23.0 Å². The third-order valence-electron chi connectivity index (χ3n) is 6.05. The molecule has 1 aromatic carbocycles. The predicted octanol–water partition coefficient (Wildman–Crippen LogP) is 3.42. The maximum atomic E-state index is 13.0. The smallest absolute Gasteiger partial charge is 0.256 e. The number of thiophene rings is 1. The van der Waals surface area contributed by atoms with Gasteiger partial charge in [0.1, 0.15) is 11.1 Å². The highest BCUT2D eigenvalue weighted by atomic mass is 32.2. The molecular weight excluding hydrogens is 432 g/mol. The normalized spacial score (nSPS) is 20.1. The Hall–Kier alpha value is -2.25. The summed E-state index contributed by atoms with van der Waals surface area (Å²) in [5.74, 6) is -0.348. The van der Waals surface area contributed by atoms with Gasteiger partial charge in [0.25, 0.3) is 5.91 Å². The van der Waals surface area contributed by atoms with E-state index in [1.807, 2.05) is 14.0 Å². The molecule has 0 aliphatic carbocycles. The zero-order valence-corrected chi connectivity index (χ0v) is 19.4. The lowest BCUT2D eigenvalue weighted by molar-refractivity contribution is 0.102. The van der Waals surface area contributed by atoms with Gasteiger partial charge < -0.3 is 10.2 Å². The lowest BCUT2D eigenvalue weighted by atomic mass is 10.0. The molecule has 0 bridgehead atoms. The second kappa shape index (κ2) is 8.71. The van der Waals surface area contributed by atoms with Gasteiger partial charge in [-0.15, -0.1) is 11.3 Å². The summed E-state index contributed by atoms with van der Waals surface area (Å²) in [5.41, 5.74) is 1.93. The molecular formula is C22H26N4O3S2. The molecule has 1 atom stereocenters. The van der Waals surface area contributed by atoms with E-state index in [9.17, 15) is 18.5 Å². The summed E-state index contributed by atoms with van der Waals surface area (Å²) in [6.45, 7) is 4.12. The average molecular weight is 459 g/mol. The summed E-state index contributed by atoms with van der Waals surface area (Å²) in [4.78, 5) is 16.3. The highest BCUT2D eigenvalue weighted by Gasteiger charge is 2.31. The van der Waals surface area contributed by atoms with Gasteiger partial charge in [-0.2, -0.15) is 9.57 Å². The number of hydrogen-bond acceptors (Lipinski definition) is 6. The summed E-state index contributed by atoms with van der Waals surface area (Å²) in [6.07, 6.45) is 3.56. The van der Waals surface area contributed by atoms with Gasteiger partial charge in [-0.1, -0.05) is 6.42 Å². The van der Waals surface area contributed by atoms with Crippen molar-refractivity contribution in [1.29, 1.82) is 5.26 Å². The molecule has 0 spiro atoms. The number of anilines is 1. The highest BCUT2D eigenvalue weighted by Crippen LogP contribution is 2.36. The summed E-state index contributed by atoms with van der Waals surface area (Å²) < 4.78 is 27.5. The van der Waals surface area contributed by atoms with E-state index in [1.165, 1.54) is 35.6 Å². The lowest BCUT2D eigenvalue weighted by Crippen LogP contribution is -2.41. The lowest BCUT2D eigenvalue weighted by Gasteiger charge is -2.32. The Morgan fingerprint density at radius 3 is 2.65 bits per heavy atom. The van der Waals surface area contributed by atoms with Crippen molar-refractivity contribution in [2.24, 2.45) is 0 Å². The first-order chi connectivity index (χ1) is 14.8. The van der Waals surface area contributed by atoms with Crippen molar-refractivity contribution in [3.63, 3.8) is 0 Å². The maximum Gasteiger partial charge on any atom is 0.256 e. The molecule has 4 rings (SSSR count). The van der Waals surface area contributed by atoms with Crippen LogP contribution in [0.4, 0.5) is 5.00 Å². The van der Waals surface area contributed by atoms with Crippen LogP contribution < -0.4 is 5.32 Å². The van der Waals surface area contributed by atoms with Gasteiger partial charge in [-0.3, -0.25) is 4.79 Å². The van der Waals surface area contributed by atoms with Crippen molar-refractivity contribution in [1.82, 2.24) is 9.21 Å². The standard InChI is InChI=1S/C22H26N4O3S2/c1-15-5-3-4-11-26(15)31(28,29)17-8-6-16(7-9-17)21(27)24-22-19(13-23)18-10-12-25(2)14-20(18)30-22/h6-9,15H,3-5,10-12,14H2,1-2H3,(H,24,27). The monoisotopic (exact) mass is 458 g/mol. The molecule has 1 saturated heterocycles. The Morgan fingerprint density at radius 2 is 1.97 bits per heavy atom. The van der Waals surface area contributed by atoms with Gasteiger partial charge in [-0.05, 0) is 63.1 Å². The number of carbonyl (C=O) groups is 1. The molecule has 2 aliphatic rings. The van der Waals surface area contributed by atoms with Crippen LogP contribution in [0.1, 0.15) is 52.5 Å². The number of nitriles is 1. The first-order valence-electron chi connectivity index (χ1n) is 10.5. The first kappa shape index (κ1) is 22.0. The highest BCUT2D eigenvalue weighted by molar-refractivity contribution is 7.89. The molecule has 31 heavy (non-hydrogen) atoms. The van der Waals surface area contributed by atoms with Crippen LogP contribution >= 0.6 is 11.3 Å². The summed E-state index contributed by atoms with van der Waals surface area (Å²) in [7, 11) is -1.54. The molecule has 1 aromatic heterocycles. The molecule has 164 valence electrons. The molecule has 1 fully saturated rings. The van der Waals surface area contributed by atoms with E-state index in [0.717, 1.165) is 49.2 Å². The average Bonchev–Trinajstić information content (AvgIpc) is 3.09. The van der Waals surface area contributed by atoms with Gasteiger partial charge >= 0.3 is 0 Å². The Kier molecular flexibility index (Phi) is 6.17. The minimum Gasteiger partial charge on any atom is -0.312 e. The third-order valence-corrected chi connectivity index (χ3v) is 9.21. The van der Waals surface area contributed by atoms with Crippen molar-refractivity contribution < 1.29 is 13.2 Å². The van der Waals surface area contributed by atoms with Gasteiger partial charge in [0.15, 0.2) is 0 Å². The quantitative estimate of drug-likeness (QED) is 0.758. The molecule has 0 radical (unpaired) electrons. The van der Waals surface area contributed by atoms with E-state index in [-0.39, 0.29) is 16.8 Å². The molecule has 2 aromatic rings. The molecule has 1 unspecified atom stereocenters. The Morgan fingerprint density at radius 1 is 1.23 bits per heavy atom. The van der Waals surface area contributed by atoms with Crippen LogP contribution in [0.2, 0.25) is 0 Å². The number of likely N-dealkylation sites (N-methyl/N-ethyl adjacent to an activating group) is 1. The van der Waals surface area contributed by atoms with Crippen molar-refractivity contribution in [3.05, 3.63) is 45.8 Å². The number of hydrogen-bond donors (Lipinski definition) is 1. The summed E-state index contributed by atoms with van der Waals surface area (Å²) in [5, 5.41) is 13.0. The van der Waals surface area contributed by atoms with Crippen LogP contribution in [0.25, 0.3) is 0 Å². The molecule has 1 amide bonds. The summed E-state index contributed by atoms with van der Waals surface area (Å²) >= 11 is 1.44. The maximum absolute atomic E-state index is 13.0. The second-order valence-corrected chi connectivity index (χ2v) is 11.2. The van der Waals surface area contributed by atoms with E-state index in [4.69, 9.17) is 0 Å². The summed E-state index contributed by atoms with van der Waals surface area (Å²) in [6, 6.07) is 8.27. The van der Waals surface area contributed by atoms with Crippen molar-refractivity contribution in [3.8, 4) is 6.07 Å². The number of fused-ring (bicyclic) bond motifs is 1. The zero-order valence-electron chi connectivity index (χ0n) is 17.7. The Bertz CT molecular complexity index is 1130. The van der Waals surface area contributed by atoms with Crippen molar-refractivity contribution in [2.45, 2.75) is 50.1 Å². The molecule has 7 nitrogen and oxygen atoms in total. The van der Waals surface area contributed by atoms with Crippen LogP contribution in [0.3, 0.4) is 0 Å². The number of piperidine rings is 1. The fourth-order valence-corrected chi connectivity index (χ4v) is 7.23. The van der Waals surface area contributed by atoms with Crippen molar-refractivity contribution >= 4 is 32.3 Å². The minimum absolute atomic E-state index is 0.0185. The number of benzene rings is 1. The Balaban J connectivity index is 1.53. The molecule has 9 heteroatoms. The van der Waals surface area contributed by atoms with Crippen LogP contribution in [0, 0.1) is 11.3 Å². The van der Waals surface area contributed by atoms with E-state index >= 15 is 0 Å². The van der Waals surface area contributed by atoms with E-state index in [1.54, 1.807) is 4.31 Å². The van der Waals surface area contributed by atoms with Crippen LogP contribution in [-0.4, -0.2) is 49.7 Å². The number of nitrogens with zero attached hydrogens (tertiary/aromatic N) is 3. The predicted molar refractivity (Wildman–Crippen MR) is 121 cm³/mol. The first-order valence-corrected chi connectivity index (χ1v) is 12.7. The largest absolute Gasteiger partial charge is 0.312 e. The van der Waals surface area contributed by atoms with Gasteiger partial charge in [-0.25, -0.2) is 8.42 Å². The van der Waals surface area contributed by atoms with Crippen molar-refractivity contribution in [2.75, 3.05) is 25.5 Å². The minimum atomic E-state index is -3.57. The van der Waals surface area contributed by atoms with Gasteiger partial charge in [0, 0.05) is 36.1 Å². The van der Waals surface area contributed by atoms with Gasteiger partial charge in [0.2, 0.25) is 10.0 Å². The SMILES string of the molecule is CC1CCCCN1S(=O)(=O)c1ccc(C(=O)Nc2sc3c(c2C#N)CCN(C)C3)cc1. The molecule has 1 N–H and O–H groups in total. The third kappa shape index (κ3) is 4.26. The fraction of sp³-hybridized carbons (Fsp3) is 0.455. The Labute approximate surface area is 187 Å². The topological polar surface area (TPSA) is 93.5 Å². The van der Waals surface area contributed by atoms with Gasteiger partial charge in [0.05, 0.1) is 10.5 Å². The van der Waals surface area contributed by atoms with E-state index in [2.05, 4.69) is 16.3 Å². The van der Waals surface area contributed by atoms with Crippen LogP contribution in [0.15, 0.2) is 29.2 Å². The van der Waals surface area contributed by atoms with E-state index < -0.39 is 10.0 Å². The fourth-order valence-electron chi connectivity index (χ4n) is 4.26. The van der Waals surface area contributed by atoms with Crippen LogP contribution in [0.5, 0.6) is 0 Å². The number of amides is 1.